The molecule has 1 rings (SSSR count). The van der Waals surface area contributed by atoms with E-state index in [0.717, 1.165) is 0 Å². The third-order valence-electron chi connectivity index (χ3n) is 1.24. The number of carbonyl (C=O) groups excluding carboxylic acids is 1. The van der Waals surface area contributed by atoms with Crippen molar-refractivity contribution < 1.29 is 9.32 Å². The molecule has 0 atom stereocenters. The highest BCUT2D eigenvalue weighted by atomic mass is 35.5. The SMILES string of the molecule is Cc1cc(C(=O)NCCCl)no1. The van der Waals surface area contributed by atoms with E-state index in [-0.39, 0.29) is 11.6 Å². The molecule has 0 spiro atoms. The van der Waals surface area contributed by atoms with Crippen LogP contribution in [0.4, 0.5) is 0 Å². The molecule has 1 amide bonds. The Morgan fingerprint density at radius 3 is 3.08 bits per heavy atom. The van der Waals surface area contributed by atoms with Gasteiger partial charge in [0.25, 0.3) is 5.91 Å². The summed E-state index contributed by atoms with van der Waals surface area (Å²) in [6.07, 6.45) is 0. The Kier molecular flexibility index (Phi) is 3.10. The van der Waals surface area contributed by atoms with E-state index in [9.17, 15) is 4.79 Å². The number of carbonyl (C=O) groups is 1. The molecule has 0 aliphatic heterocycles. The number of nitrogens with zero attached hydrogens (tertiary/aromatic N) is 1. The Balaban J connectivity index is 2.53. The van der Waals surface area contributed by atoms with Gasteiger partial charge in [-0.3, -0.25) is 4.79 Å². The Hall–Kier alpha value is -1.03. The summed E-state index contributed by atoms with van der Waals surface area (Å²) in [7, 11) is 0. The van der Waals surface area contributed by atoms with Gasteiger partial charge < -0.3 is 9.84 Å². The second kappa shape index (κ2) is 4.11. The van der Waals surface area contributed by atoms with Crippen molar-refractivity contribution in [2.24, 2.45) is 0 Å². The maximum Gasteiger partial charge on any atom is 0.273 e. The zero-order chi connectivity index (χ0) is 8.97. The average molecular weight is 189 g/mol. The Morgan fingerprint density at radius 1 is 1.83 bits per heavy atom. The molecule has 1 N–H and O–H groups in total. The Bertz CT molecular complexity index is 272. The molecule has 0 fully saturated rings. The quantitative estimate of drug-likeness (QED) is 0.719. The smallest absolute Gasteiger partial charge is 0.273 e. The molecule has 0 radical (unpaired) electrons. The van der Waals surface area contributed by atoms with Crippen LogP contribution in [0.25, 0.3) is 0 Å². The van der Waals surface area contributed by atoms with Crippen LogP contribution in [0.15, 0.2) is 10.6 Å². The van der Waals surface area contributed by atoms with Crippen molar-refractivity contribution in [3.63, 3.8) is 0 Å². The second-order valence-electron chi connectivity index (χ2n) is 2.27. The van der Waals surface area contributed by atoms with E-state index in [2.05, 4.69) is 10.5 Å². The summed E-state index contributed by atoms with van der Waals surface area (Å²) in [4.78, 5) is 11.1. The van der Waals surface area contributed by atoms with Gasteiger partial charge in [0.2, 0.25) is 0 Å². The second-order valence-corrected chi connectivity index (χ2v) is 2.65. The maximum absolute atomic E-state index is 11.1. The van der Waals surface area contributed by atoms with Crippen LogP contribution in [0.5, 0.6) is 0 Å². The van der Waals surface area contributed by atoms with Crippen LogP contribution in [-0.2, 0) is 0 Å². The fourth-order valence-corrected chi connectivity index (χ4v) is 0.819. The number of aromatic nitrogens is 1. The van der Waals surface area contributed by atoms with Crippen molar-refractivity contribution in [2.75, 3.05) is 12.4 Å². The number of halogens is 1. The van der Waals surface area contributed by atoms with E-state index in [1.165, 1.54) is 0 Å². The molecule has 1 aromatic heterocycles. The lowest BCUT2D eigenvalue weighted by Crippen LogP contribution is -2.25. The summed E-state index contributed by atoms with van der Waals surface area (Å²) < 4.78 is 4.72. The van der Waals surface area contributed by atoms with Gasteiger partial charge in [-0.15, -0.1) is 11.6 Å². The summed E-state index contributed by atoms with van der Waals surface area (Å²) in [5.41, 5.74) is 0.289. The van der Waals surface area contributed by atoms with Crippen molar-refractivity contribution in [1.82, 2.24) is 10.5 Å². The van der Waals surface area contributed by atoms with Crippen LogP contribution in [0.2, 0.25) is 0 Å². The largest absolute Gasteiger partial charge is 0.361 e. The lowest BCUT2D eigenvalue weighted by atomic mass is 10.3. The minimum atomic E-state index is -0.257. The summed E-state index contributed by atoms with van der Waals surface area (Å²) >= 11 is 5.38. The molecule has 66 valence electrons. The fraction of sp³-hybridized carbons (Fsp3) is 0.429. The van der Waals surface area contributed by atoms with Gasteiger partial charge in [0.05, 0.1) is 0 Å². The van der Waals surface area contributed by atoms with Crippen molar-refractivity contribution in [1.29, 1.82) is 0 Å². The van der Waals surface area contributed by atoms with Crippen LogP contribution >= 0.6 is 11.6 Å². The van der Waals surface area contributed by atoms with Gasteiger partial charge in [-0.05, 0) is 6.92 Å². The van der Waals surface area contributed by atoms with Gasteiger partial charge in [-0.2, -0.15) is 0 Å². The molecule has 0 aliphatic carbocycles. The summed E-state index contributed by atoms with van der Waals surface area (Å²) in [6.45, 7) is 2.16. The first-order valence-electron chi connectivity index (χ1n) is 3.51. The molecule has 0 unspecified atom stereocenters. The molecule has 0 bridgehead atoms. The van der Waals surface area contributed by atoms with Gasteiger partial charge in [0.15, 0.2) is 5.69 Å². The Morgan fingerprint density at radius 2 is 2.58 bits per heavy atom. The number of hydrogen-bond acceptors (Lipinski definition) is 3. The number of aryl methyl sites for hydroxylation is 1. The van der Waals surface area contributed by atoms with Crippen molar-refractivity contribution in [3.8, 4) is 0 Å². The molecule has 0 aromatic carbocycles. The zero-order valence-electron chi connectivity index (χ0n) is 6.63. The highest BCUT2D eigenvalue weighted by molar-refractivity contribution is 6.18. The number of nitrogens with one attached hydrogen (secondary N) is 1. The summed E-state index contributed by atoms with van der Waals surface area (Å²) in [6, 6.07) is 1.57. The van der Waals surface area contributed by atoms with E-state index >= 15 is 0 Å². The van der Waals surface area contributed by atoms with Crippen LogP contribution < -0.4 is 5.32 Å². The Labute approximate surface area is 74.9 Å². The summed E-state index contributed by atoms with van der Waals surface area (Å²) in [5.74, 6) is 0.751. The molecule has 1 heterocycles. The lowest BCUT2D eigenvalue weighted by molar-refractivity contribution is 0.0947. The molecule has 4 nitrogen and oxygen atoms in total. The van der Waals surface area contributed by atoms with Crippen molar-refractivity contribution in [3.05, 3.63) is 17.5 Å². The summed E-state index contributed by atoms with van der Waals surface area (Å²) in [5, 5.41) is 6.11. The molecule has 0 saturated heterocycles. The first-order chi connectivity index (χ1) is 5.74. The first kappa shape index (κ1) is 9.06. The van der Waals surface area contributed by atoms with Gasteiger partial charge in [-0.1, -0.05) is 5.16 Å². The first-order valence-corrected chi connectivity index (χ1v) is 4.05. The molecular weight excluding hydrogens is 180 g/mol. The van der Waals surface area contributed by atoms with Gasteiger partial charge in [0.1, 0.15) is 5.76 Å². The van der Waals surface area contributed by atoms with Crippen LogP contribution in [0.3, 0.4) is 0 Å². The van der Waals surface area contributed by atoms with Crippen LogP contribution in [0, 0.1) is 6.92 Å². The standard InChI is InChI=1S/C7H9ClN2O2/c1-5-4-6(10-12-5)7(11)9-3-2-8/h4H,2-3H2,1H3,(H,9,11). The van der Waals surface area contributed by atoms with E-state index in [1.807, 2.05) is 0 Å². The zero-order valence-corrected chi connectivity index (χ0v) is 7.39. The maximum atomic E-state index is 11.1. The monoisotopic (exact) mass is 188 g/mol. The number of alkyl halides is 1. The average Bonchev–Trinajstić information content (AvgIpc) is 2.47. The van der Waals surface area contributed by atoms with Gasteiger partial charge in [0, 0.05) is 18.5 Å². The third-order valence-corrected chi connectivity index (χ3v) is 1.43. The van der Waals surface area contributed by atoms with Crippen molar-refractivity contribution >= 4 is 17.5 Å². The lowest BCUT2D eigenvalue weighted by Gasteiger charge is -1.96. The predicted octanol–water partition coefficient (Wildman–Crippen LogP) is 0.952. The number of amides is 1. The van der Waals surface area contributed by atoms with E-state index in [0.29, 0.717) is 18.2 Å². The highest BCUT2D eigenvalue weighted by Gasteiger charge is 2.08. The van der Waals surface area contributed by atoms with Crippen LogP contribution in [0.1, 0.15) is 16.2 Å². The predicted molar refractivity (Wildman–Crippen MR) is 44.3 cm³/mol. The van der Waals surface area contributed by atoms with Gasteiger partial charge in [-0.25, -0.2) is 0 Å². The third kappa shape index (κ3) is 2.23. The van der Waals surface area contributed by atoms with Crippen LogP contribution in [-0.4, -0.2) is 23.5 Å². The minimum Gasteiger partial charge on any atom is -0.361 e. The fourth-order valence-electron chi connectivity index (χ4n) is 0.725. The van der Waals surface area contributed by atoms with Gasteiger partial charge >= 0.3 is 0 Å². The molecule has 0 saturated carbocycles. The van der Waals surface area contributed by atoms with E-state index in [1.54, 1.807) is 13.0 Å². The molecule has 0 aliphatic rings. The normalized spacial score (nSPS) is 9.83. The molecule has 12 heavy (non-hydrogen) atoms. The minimum absolute atomic E-state index is 0.257. The van der Waals surface area contributed by atoms with E-state index < -0.39 is 0 Å². The number of rotatable bonds is 3. The number of hydrogen-bond donors (Lipinski definition) is 1. The molecular formula is C7H9ClN2O2. The highest BCUT2D eigenvalue weighted by Crippen LogP contribution is 2.00. The molecule has 1 aromatic rings. The topological polar surface area (TPSA) is 55.1 Å². The molecule has 5 heteroatoms. The van der Waals surface area contributed by atoms with Crippen molar-refractivity contribution in [2.45, 2.75) is 6.92 Å². The van der Waals surface area contributed by atoms with E-state index in [4.69, 9.17) is 16.1 Å².